The standard InChI is InChI=1S/C15H14ClFN2O2/c16-11-5-6-14(13(18)7-11)19-15(20)9-21-8-10-3-1-2-4-12(10)17/h1-7H,8-9,18H2,(H,19,20). The fourth-order valence-corrected chi connectivity index (χ4v) is 1.88. The van der Waals surface area contributed by atoms with Crippen LogP contribution in [-0.4, -0.2) is 12.5 Å². The lowest BCUT2D eigenvalue weighted by molar-refractivity contribution is -0.121. The quantitative estimate of drug-likeness (QED) is 0.834. The van der Waals surface area contributed by atoms with Crippen molar-refractivity contribution in [3.8, 4) is 0 Å². The molecule has 0 bridgehead atoms. The number of benzene rings is 2. The van der Waals surface area contributed by atoms with Gasteiger partial charge in [0, 0.05) is 10.6 Å². The van der Waals surface area contributed by atoms with Crippen LogP contribution < -0.4 is 11.1 Å². The Balaban J connectivity index is 1.84. The van der Waals surface area contributed by atoms with Gasteiger partial charge in [0.15, 0.2) is 0 Å². The maximum absolute atomic E-state index is 13.3. The van der Waals surface area contributed by atoms with Crippen LogP contribution in [-0.2, 0) is 16.1 Å². The van der Waals surface area contributed by atoms with E-state index in [1.807, 2.05) is 0 Å². The molecule has 0 aromatic heterocycles. The zero-order valence-electron chi connectivity index (χ0n) is 11.1. The highest BCUT2D eigenvalue weighted by Gasteiger charge is 2.07. The number of hydrogen-bond donors (Lipinski definition) is 2. The van der Waals surface area contributed by atoms with E-state index in [4.69, 9.17) is 22.1 Å². The van der Waals surface area contributed by atoms with Gasteiger partial charge < -0.3 is 15.8 Å². The molecule has 3 N–H and O–H groups in total. The van der Waals surface area contributed by atoms with E-state index in [2.05, 4.69) is 5.32 Å². The summed E-state index contributed by atoms with van der Waals surface area (Å²) in [7, 11) is 0. The molecule has 6 heteroatoms. The van der Waals surface area contributed by atoms with Crippen LogP contribution in [0, 0.1) is 5.82 Å². The van der Waals surface area contributed by atoms with E-state index in [0.717, 1.165) is 0 Å². The Morgan fingerprint density at radius 1 is 1.29 bits per heavy atom. The van der Waals surface area contributed by atoms with Crippen LogP contribution in [0.25, 0.3) is 0 Å². The van der Waals surface area contributed by atoms with Crippen molar-refractivity contribution >= 4 is 28.9 Å². The third kappa shape index (κ3) is 4.44. The number of carbonyl (C=O) groups excluding carboxylic acids is 1. The first kappa shape index (κ1) is 15.3. The molecular weight excluding hydrogens is 295 g/mol. The molecule has 2 rings (SSSR count). The summed E-state index contributed by atoms with van der Waals surface area (Å²) >= 11 is 5.77. The zero-order chi connectivity index (χ0) is 15.2. The van der Waals surface area contributed by atoms with E-state index in [0.29, 0.717) is 22.0 Å². The zero-order valence-corrected chi connectivity index (χ0v) is 11.9. The minimum Gasteiger partial charge on any atom is -0.397 e. The fourth-order valence-electron chi connectivity index (χ4n) is 1.70. The summed E-state index contributed by atoms with van der Waals surface area (Å²) in [5.74, 6) is -0.736. The number of amides is 1. The lowest BCUT2D eigenvalue weighted by Crippen LogP contribution is -2.19. The molecule has 0 aliphatic heterocycles. The highest BCUT2D eigenvalue weighted by molar-refractivity contribution is 6.31. The first-order valence-electron chi connectivity index (χ1n) is 6.22. The highest BCUT2D eigenvalue weighted by atomic mass is 35.5. The monoisotopic (exact) mass is 308 g/mol. The topological polar surface area (TPSA) is 64.3 Å². The van der Waals surface area contributed by atoms with E-state index >= 15 is 0 Å². The smallest absolute Gasteiger partial charge is 0.250 e. The minimum absolute atomic E-state index is 0.0240. The average Bonchev–Trinajstić information content (AvgIpc) is 2.44. The first-order chi connectivity index (χ1) is 10.1. The second kappa shape index (κ2) is 7.06. The van der Waals surface area contributed by atoms with Crippen LogP contribution in [0.2, 0.25) is 5.02 Å². The van der Waals surface area contributed by atoms with Crippen molar-refractivity contribution in [2.24, 2.45) is 0 Å². The minimum atomic E-state index is -0.375. The predicted molar refractivity (Wildman–Crippen MR) is 80.6 cm³/mol. The van der Waals surface area contributed by atoms with Crippen molar-refractivity contribution in [1.82, 2.24) is 0 Å². The summed E-state index contributed by atoms with van der Waals surface area (Å²) in [5, 5.41) is 3.08. The third-order valence-electron chi connectivity index (χ3n) is 2.74. The van der Waals surface area contributed by atoms with Crippen molar-refractivity contribution in [3.05, 3.63) is 58.9 Å². The number of nitrogens with two attached hydrogens (primary N) is 1. The first-order valence-corrected chi connectivity index (χ1v) is 6.60. The molecule has 0 radical (unpaired) electrons. The summed E-state index contributed by atoms with van der Waals surface area (Å²) in [6, 6.07) is 11.0. The van der Waals surface area contributed by atoms with E-state index in [1.54, 1.807) is 30.3 Å². The van der Waals surface area contributed by atoms with Gasteiger partial charge in [0.2, 0.25) is 5.91 Å². The van der Waals surface area contributed by atoms with Crippen LogP contribution in [0.4, 0.5) is 15.8 Å². The number of anilines is 2. The van der Waals surface area contributed by atoms with E-state index in [1.165, 1.54) is 12.1 Å². The second-order valence-electron chi connectivity index (χ2n) is 4.36. The maximum atomic E-state index is 13.3. The molecule has 0 saturated carbocycles. The molecule has 0 atom stereocenters. The molecule has 0 aliphatic rings. The van der Waals surface area contributed by atoms with Crippen molar-refractivity contribution < 1.29 is 13.9 Å². The number of rotatable bonds is 5. The van der Waals surface area contributed by atoms with Crippen LogP contribution in [0.5, 0.6) is 0 Å². The Bertz CT molecular complexity index is 649. The molecule has 0 heterocycles. The number of hydrogen-bond acceptors (Lipinski definition) is 3. The molecule has 0 fully saturated rings. The molecule has 2 aromatic rings. The number of carbonyl (C=O) groups is 1. The van der Waals surface area contributed by atoms with E-state index in [-0.39, 0.29) is 24.9 Å². The molecule has 4 nitrogen and oxygen atoms in total. The number of nitrogen functional groups attached to an aromatic ring is 1. The number of nitrogens with one attached hydrogen (secondary N) is 1. The van der Waals surface area contributed by atoms with Crippen LogP contribution in [0.1, 0.15) is 5.56 Å². The molecular formula is C15H14ClFN2O2. The van der Waals surface area contributed by atoms with Crippen LogP contribution in [0.15, 0.2) is 42.5 Å². The summed E-state index contributed by atoms with van der Waals surface area (Å²) in [6.07, 6.45) is 0. The normalized spacial score (nSPS) is 10.4. The summed E-state index contributed by atoms with van der Waals surface area (Å²) in [6.45, 7) is -0.174. The highest BCUT2D eigenvalue weighted by Crippen LogP contribution is 2.22. The van der Waals surface area contributed by atoms with Gasteiger partial charge >= 0.3 is 0 Å². The summed E-state index contributed by atoms with van der Waals surface area (Å²) in [4.78, 5) is 11.7. The van der Waals surface area contributed by atoms with Gasteiger partial charge in [-0.05, 0) is 24.3 Å². The molecule has 2 aromatic carbocycles. The maximum Gasteiger partial charge on any atom is 0.250 e. The van der Waals surface area contributed by atoms with Gasteiger partial charge in [-0.15, -0.1) is 0 Å². The van der Waals surface area contributed by atoms with E-state index < -0.39 is 0 Å². The lowest BCUT2D eigenvalue weighted by Gasteiger charge is -2.09. The van der Waals surface area contributed by atoms with Gasteiger partial charge in [-0.2, -0.15) is 0 Å². The Morgan fingerprint density at radius 3 is 2.76 bits per heavy atom. The molecule has 110 valence electrons. The van der Waals surface area contributed by atoms with Crippen molar-refractivity contribution in [2.45, 2.75) is 6.61 Å². The van der Waals surface area contributed by atoms with Gasteiger partial charge in [-0.3, -0.25) is 4.79 Å². The van der Waals surface area contributed by atoms with Gasteiger partial charge in [0.1, 0.15) is 12.4 Å². The number of ether oxygens (including phenoxy) is 1. The van der Waals surface area contributed by atoms with Crippen LogP contribution in [0.3, 0.4) is 0 Å². The number of halogens is 2. The van der Waals surface area contributed by atoms with Crippen molar-refractivity contribution in [3.63, 3.8) is 0 Å². The van der Waals surface area contributed by atoms with Gasteiger partial charge in [-0.25, -0.2) is 4.39 Å². The van der Waals surface area contributed by atoms with Crippen molar-refractivity contribution in [1.29, 1.82) is 0 Å². The Morgan fingerprint density at radius 2 is 2.05 bits per heavy atom. The van der Waals surface area contributed by atoms with Crippen molar-refractivity contribution in [2.75, 3.05) is 17.7 Å². The lowest BCUT2D eigenvalue weighted by atomic mass is 10.2. The molecule has 1 amide bonds. The van der Waals surface area contributed by atoms with Gasteiger partial charge in [0.05, 0.1) is 18.0 Å². The Hall–Kier alpha value is -2.11. The summed E-state index contributed by atoms with van der Waals surface area (Å²) in [5.41, 5.74) is 6.94. The SMILES string of the molecule is Nc1cc(Cl)ccc1NC(=O)COCc1ccccc1F. The molecule has 0 saturated heterocycles. The second-order valence-corrected chi connectivity index (χ2v) is 4.80. The molecule has 0 aliphatic carbocycles. The molecule has 21 heavy (non-hydrogen) atoms. The summed E-state index contributed by atoms with van der Waals surface area (Å²) < 4.78 is 18.5. The third-order valence-corrected chi connectivity index (χ3v) is 2.97. The Kier molecular flexibility index (Phi) is 5.14. The van der Waals surface area contributed by atoms with Crippen LogP contribution >= 0.6 is 11.6 Å². The molecule has 0 unspecified atom stereocenters. The molecule has 0 spiro atoms. The van der Waals surface area contributed by atoms with Gasteiger partial charge in [-0.1, -0.05) is 29.8 Å². The Labute approximate surface area is 126 Å². The predicted octanol–water partition coefficient (Wildman–Crippen LogP) is 3.22. The van der Waals surface area contributed by atoms with E-state index in [9.17, 15) is 9.18 Å². The van der Waals surface area contributed by atoms with Gasteiger partial charge in [0.25, 0.3) is 0 Å². The largest absolute Gasteiger partial charge is 0.397 e. The fraction of sp³-hybridized carbons (Fsp3) is 0.133. The average molecular weight is 309 g/mol.